The minimum absolute atomic E-state index is 0.0775. The topological polar surface area (TPSA) is 99.8 Å². The number of imidazole rings is 1. The predicted octanol–water partition coefficient (Wildman–Crippen LogP) is 4.65. The van der Waals surface area contributed by atoms with Gasteiger partial charge in [-0.3, -0.25) is 20.4 Å². The molecule has 0 fully saturated rings. The Kier molecular flexibility index (Phi) is 6.55. The summed E-state index contributed by atoms with van der Waals surface area (Å²) in [5, 5.41) is 0.791. The number of amides is 2. The number of carbonyl (C=O) groups is 2. The average Bonchev–Trinajstić information content (AvgIpc) is 3.24. The summed E-state index contributed by atoms with van der Waals surface area (Å²) in [4.78, 5) is 35.7. The number of nitrogens with zero attached hydrogens (tertiary/aromatic N) is 2. The highest BCUT2D eigenvalue weighted by molar-refractivity contribution is 7.98. The van der Waals surface area contributed by atoms with E-state index in [1.807, 2.05) is 24.3 Å². The molecule has 0 saturated heterocycles. The fourth-order valence-corrected chi connectivity index (χ4v) is 3.95. The van der Waals surface area contributed by atoms with Crippen molar-refractivity contribution in [2.75, 3.05) is 0 Å². The molecule has 0 aliphatic carbocycles. The molecule has 4 aromatic rings. The molecule has 2 aromatic heterocycles. The van der Waals surface area contributed by atoms with Gasteiger partial charge in [0.1, 0.15) is 5.69 Å². The first-order chi connectivity index (χ1) is 16.2. The van der Waals surface area contributed by atoms with Gasteiger partial charge < -0.3 is 4.98 Å². The smallest absolute Gasteiger partial charge is 0.333 e. The molecule has 4 rings (SSSR count). The highest BCUT2D eigenvalue weighted by atomic mass is 32.2. The third-order valence-electron chi connectivity index (χ3n) is 4.87. The number of para-hydroxylation sites is 2. The molecule has 2 heterocycles. The van der Waals surface area contributed by atoms with E-state index in [1.54, 1.807) is 24.3 Å². The third kappa shape index (κ3) is 5.37. The zero-order valence-corrected chi connectivity index (χ0v) is 18.6. The molecule has 0 atom stereocenters. The molecule has 0 bridgehead atoms. The minimum atomic E-state index is -4.61. The van der Waals surface area contributed by atoms with Gasteiger partial charge in [-0.2, -0.15) is 13.2 Å². The number of aryl methyl sites for hydroxylation is 1. The molecule has 0 aliphatic rings. The molecule has 0 radical (unpaired) electrons. The number of alkyl halides is 3. The number of H-pyrrole nitrogens is 1. The maximum absolute atomic E-state index is 12.7. The van der Waals surface area contributed by atoms with Crippen molar-refractivity contribution in [1.29, 1.82) is 0 Å². The van der Waals surface area contributed by atoms with Crippen molar-refractivity contribution in [3.63, 3.8) is 0 Å². The predicted molar refractivity (Wildman–Crippen MR) is 121 cm³/mol. The Labute approximate surface area is 196 Å². The third-order valence-corrected chi connectivity index (χ3v) is 5.81. The number of hydrogen-bond donors (Lipinski definition) is 3. The van der Waals surface area contributed by atoms with Crippen LogP contribution in [-0.4, -0.2) is 26.8 Å². The Morgan fingerprint density at radius 2 is 1.65 bits per heavy atom. The van der Waals surface area contributed by atoms with E-state index in [2.05, 4.69) is 25.8 Å². The number of benzene rings is 2. The average molecular weight is 485 g/mol. The Hall–Kier alpha value is -3.86. The van der Waals surface area contributed by atoms with Crippen LogP contribution in [0, 0.1) is 6.92 Å². The quantitative estimate of drug-likeness (QED) is 0.282. The van der Waals surface area contributed by atoms with Gasteiger partial charge >= 0.3 is 6.18 Å². The molecule has 11 heteroatoms. The Morgan fingerprint density at radius 3 is 2.32 bits per heavy atom. The maximum atomic E-state index is 12.7. The van der Waals surface area contributed by atoms with E-state index >= 15 is 0 Å². The van der Waals surface area contributed by atoms with Crippen molar-refractivity contribution in [3.8, 4) is 0 Å². The van der Waals surface area contributed by atoms with Gasteiger partial charge in [-0.15, -0.1) is 0 Å². The van der Waals surface area contributed by atoms with Crippen LogP contribution < -0.4 is 10.9 Å². The van der Waals surface area contributed by atoms with Gasteiger partial charge in [0, 0.05) is 11.3 Å². The number of thioether (sulfide) groups is 1. The number of halogens is 3. The van der Waals surface area contributed by atoms with E-state index in [-0.39, 0.29) is 11.3 Å². The summed E-state index contributed by atoms with van der Waals surface area (Å²) in [6.45, 7) is 1.29. The first-order valence-electron chi connectivity index (χ1n) is 10.0. The number of hydrogen-bond acceptors (Lipinski definition) is 5. The summed E-state index contributed by atoms with van der Waals surface area (Å²) in [5.41, 5.74) is 6.30. The van der Waals surface area contributed by atoms with Crippen LogP contribution in [0.2, 0.25) is 0 Å². The van der Waals surface area contributed by atoms with Crippen LogP contribution in [0.3, 0.4) is 0 Å². The number of rotatable bonds is 5. The first-order valence-corrected chi connectivity index (χ1v) is 11.0. The van der Waals surface area contributed by atoms with Crippen molar-refractivity contribution in [1.82, 2.24) is 25.8 Å². The van der Waals surface area contributed by atoms with Crippen LogP contribution in [0.4, 0.5) is 13.2 Å². The molecular formula is C23H18F3N5O2S. The highest BCUT2D eigenvalue weighted by Crippen LogP contribution is 2.28. The number of aromatic nitrogens is 3. The van der Waals surface area contributed by atoms with E-state index in [9.17, 15) is 22.8 Å². The molecule has 0 spiro atoms. The zero-order valence-electron chi connectivity index (χ0n) is 17.7. The molecule has 2 aromatic carbocycles. The molecule has 34 heavy (non-hydrogen) atoms. The summed E-state index contributed by atoms with van der Waals surface area (Å²) >= 11 is 1.53. The first kappa shape index (κ1) is 23.3. The van der Waals surface area contributed by atoms with Crippen molar-refractivity contribution in [3.05, 3.63) is 88.7 Å². The van der Waals surface area contributed by atoms with Crippen molar-refractivity contribution >= 4 is 34.6 Å². The fraction of sp³-hybridized carbons (Fsp3) is 0.130. The molecule has 2 amide bonds. The monoisotopic (exact) mass is 485 g/mol. The summed E-state index contributed by atoms with van der Waals surface area (Å²) < 4.78 is 38.2. The van der Waals surface area contributed by atoms with Gasteiger partial charge in [-0.05, 0) is 48.9 Å². The lowest BCUT2D eigenvalue weighted by Crippen LogP contribution is -2.42. The Morgan fingerprint density at radius 1 is 0.941 bits per heavy atom. The molecule has 0 unspecified atom stereocenters. The molecule has 7 nitrogen and oxygen atoms in total. The van der Waals surface area contributed by atoms with Crippen LogP contribution in [-0.2, 0) is 11.9 Å². The van der Waals surface area contributed by atoms with E-state index in [4.69, 9.17) is 0 Å². The SMILES string of the molecule is Cc1nc(C(F)(F)F)ccc1C(=O)NNC(=O)c1ccc(CSc2nc3ccccc3[nH]2)cc1. The van der Waals surface area contributed by atoms with E-state index < -0.39 is 23.7 Å². The second kappa shape index (κ2) is 9.56. The summed E-state index contributed by atoms with van der Waals surface area (Å²) in [6, 6.07) is 16.3. The molecule has 0 saturated carbocycles. The van der Waals surface area contributed by atoms with Crippen LogP contribution >= 0.6 is 11.8 Å². The standard InChI is InChI=1S/C23H18F3N5O2S/c1-13-16(10-11-19(27-13)23(24,25)26)21(33)31-30-20(32)15-8-6-14(7-9-15)12-34-22-28-17-4-2-3-5-18(17)29-22/h2-11H,12H2,1H3,(H,28,29)(H,30,32)(H,31,33). The molecular weight excluding hydrogens is 467 g/mol. The van der Waals surface area contributed by atoms with Crippen LogP contribution in [0.15, 0.2) is 65.8 Å². The van der Waals surface area contributed by atoms with E-state index in [0.29, 0.717) is 17.4 Å². The zero-order chi connectivity index (χ0) is 24.3. The van der Waals surface area contributed by atoms with Crippen LogP contribution in [0.5, 0.6) is 0 Å². The maximum Gasteiger partial charge on any atom is 0.433 e. The normalized spacial score (nSPS) is 11.4. The lowest BCUT2D eigenvalue weighted by molar-refractivity contribution is -0.141. The summed E-state index contributed by atoms with van der Waals surface area (Å²) in [5.74, 6) is -0.702. The van der Waals surface area contributed by atoms with Gasteiger partial charge in [-0.1, -0.05) is 36.0 Å². The second-order valence-corrected chi connectivity index (χ2v) is 8.24. The summed E-state index contributed by atoms with van der Waals surface area (Å²) in [6.07, 6.45) is -4.61. The lowest BCUT2D eigenvalue weighted by atomic mass is 10.1. The minimum Gasteiger partial charge on any atom is -0.333 e. The van der Waals surface area contributed by atoms with Gasteiger partial charge in [0.15, 0.2) is 5.16 Å². The largest absolute Gasteiger partial charge is 0.433 e. The van der Waals surface area contributed by atoms with Gasteiger partial charge in [0.05, 0.1) is 22.3 Å². The van der Waals surface area contributed by atoms with Crippen molar-refractivity contribution in [2.24, 2.45) is 0 Å². The van der Waals surface area contributed by atoms with Gasteiger partial charge in [-0.25, -0.2) is 9.97 Å². The Bertz CT molecular complexity index is 1320. The fourth-order valence-electron chi connectivity index (χ4n) is 3.11. The molecule has 0 aliphatic heterocycles. The van der Waals surface area contributed by atoms with Crippen LogP contribution in [0.1, 0.15) is 37.7 Å². The number of aromatic amines is 1. The number of nitrogens with one attached hydrogen (secondary N) is 3. The van der Waals surface area contributed by atoms with Crippen LogP contribution in [0.25, 0.3) is 11.0 Å². The lowest BCUT2D eigenvalue weighted by Gasteiger charge is -2.11. The van der Waals surface area contributed by atoms with Crippen molar-refractivity contribution < 1.29 is 22.8 Å². The van der Waals surface area contributed by atoms with E-state index in [1.165, 1.54) is 18.7 Å². The van der Waals surface area contributed by atoms with Crippen molar-refractivity contribution in [2.45, 2.75) is 24.0 Å². The second-order valence-electron chi connectivity index (χ2n) is 7.28. The number of carbonyl (C=O) groups excluding carboxylic acids is 2. The Balaban J connectivity index is 1.31. The highest BCUT2D eigenvalue weighted by Gasteiger charge is 2.33. The summed E-state index contributed by atoms with van der Waals surface area (Å²) in [7, 11) is 0. The number of fused-ring (bicyclic) bond motifs is 1. The van der Waals surface area contributed by atoms with E-state index in [0.717, 1.165) is 27.8 Å². The van der Waals surface area contributed by atoms with Gasteiger partial charge in [0.2, 0.25) is 0 Å². The molecule has 174 valence electrons. The number of pyridine rings is 1. The van der Waals surface area contributed by atoms with Gasteiger partial charge in [0.25, 0.3) is 11.8 Å². The molecule has 3 N–H and O–H groups in total. The number of hydrazine groups is 1.